The molecular weight excluding hydrogens is 330 g/mol. The Hall–Kier alpha value is -0.580. The number of ether oxygens (including phenoxy) is 2. The van der Waals surface area contributed by atoms with Gasteiger partial charge in [0, 0.05) is 29.4 Å². The first-order chi connectivity index (χ1) is 10.1. The summed E-state index contributed by atoms with van der Waals surface area (Å²) in [5.74, 6) is 1.05. The average molecular weight is 354 g/mol. The van der Waals surface area contributed by atoms with E-state index in [0.29, 0.717) is 0 Å². The topological polar surface area (TPSA) is 30.5 Å². The van der Waals surface area contributed by atoms with Crippen LogP contribution in [-0.4, -0.2) is 25.4 Å². The number of rotatable bonds is 4. The Labute approximate surface area is 135 Å². The van der Waals surface area contributed by atoms with E-state index in [0.717, 1.165) is 36.2 Å². The van der Waals surface area contributed by atoms with Crippen molar-refractivity contribution in [3.05, 3.63) is 27.7 Å². The Morgan fingerprint density at radius 2 is 2.24 bits per heavy atom. The van der Waals surface area contributed by atoms with Crippen molar-refractivity contribution >= 4 is 15.9 Å². The third-order valence-electron chi connectivity index (χ3n) is 4.68. The summed E-state index contributed by atoms with van der Waals surface area (Å²) in [6, 6.07) is 4.28. The maximum absolute atomic E-state index is 6.42. The highest BCUT2D eigenvalue weighted by molar-refractivity contribution is 9.10. The lowest BCUT2D eigenvalue weighted by Gasteiger charge is -2.47. The van der Waals surface area contributed by atoms with E-state index in [2.05, 4.69) is 40.3 Å². The minimum Gasteiger partial charge on any atom is -0.490 e. The van der Waals surface area contributed by atoms with Crippen LogP contribution in [0.3, 0.4) is 0 Å². The highest BCUT2D eigenvalue weighted by Crippen LogP contribution is 2.43. The maximum Gasteiger partial charge on any atom is 0.127 e. The zero-order valence-corrected chi connectivity index (χ0v) is 14.5. The van der Waals surface area contributed by atoms with Crippen LogP contribution in [0, 0.1) is 6.92 Å². The van der Waals surface area contributed by atoms with E-state index in [1.807, 2.05) is 7.05 Å². The van der Waals surface area contributed by atoms with Crippen LogP contribution < -0.4 is 10.1 Å². The molecule has 1 saturated heterocycles. The molecule has 21 heavy (non-hydrogen) atoms. The number of halogens is 1. The summed E-state index contributed by atoms with van der Waals surface area (Å²) >= 11 is 3.58. The molecule has 0 bridgehead atoms. The summed E-state index contributed by atoms with van der Waals surface area (Å²) < 4.78 is 13.5. The van der Waals surface area contributed by atoms with Crippen LogP contribution in [0.15, 0.2) is 16.6 Å². The molecule has 116 valence electrons. The van der Waals surface area contributed by atoms with Crippen LogP contribution in [0.5, 0.6) is 5.75 Å². The summed E-state index contributed by atoms with van der Waals surface area (Å²) in [7, 11) is 1.97. The summed E-state index contributed by atoms with van der Waals surface area (Å²) in [6.07, 6.45) is 6.03. The van der Waals surface area contributed by atoms with Crippen molar-refractivity contribution in [3.8, 4) is 5.75 Å². The lowest BCUT2D eigenvalue weighted by Crippen LogP contribution is -2.48. The van der Waals surface area contributed by atoms with Crippen LogP contribution in [0.1, 0.15) is 43.2 Å². The molecule has 1 unspecified atom stereocenters. The van der Waals surface area contributed by atoms with Crippen molar-refractivity contribution in [1.82, 2.24) is 5.32 Å². The first kappa shape index (κ1) is 15.3. The monoisotopic (exact) mass is 353 g/mol. The number of aryl methyl sites for hydroxylation is 1. The van der Waals surface area contributed by atoms with E-state index in [4.69, 9.17) is 9.47 Å². The number of hydrogen-bond acceptors (Lipinski definition) is 3. The van der Waals surface area contributed by atoms with Gasteiger partial charge >= 0.3 is 0 Å². The minimum atomic E-state index is 0.134. The van der Waals surface area contributed by atoms with Crippen molar-refractivity contribution in [2.24, 2.45) is 0 Å². The molecule has 3 nitrogen and oxygen atoms in total. The highest BCUT2D eigenvalue weighted by atomic mass is 79.9. The molecule has 2 fully saturated rings. The van der Waals surface area contributed by atoms with Crippen LogP contribution in [-0.2, 0) is 11.3 Å². The van der Waals surface area contributed by atoms with Gasteiger partial charge < -0.3 is 14.8 Å². The number of hydrogen-bond donors (Lipinski definition) is 1. The fourth-order valence-electron chi connectivity index (χ4n) is 3.46. The van der Waals surface area contributed by atoms with E-state index in [9.17, 15) is 0 Å². The predicted molar refractivity (Wildman–Crippen MR) is 87.8 cm³/mol. The number of nitrogens with one attached hydrogen (secondary N) is 1. The Kier molecular flexibility index (Phi) is 4.57. The van der Waals surface area contributed by atoms with Crippen molar-refractivity contribution in [1.29, 1.82) is 0 Å². The lowest BCUT2D eigenvalue weighted by molar-refractivity contribution is -0.153. The third-order valence-corrected chi connectivity index (χ3v) is 5.14. The number of benzene rings is 1. The van der Waals surface area contributed by atoms with Gasteiger partial charge in [-0.3, -0.25) is 0 Å². The van der Waals surface area contributed by atoms with Crippen molar-refractivity contribution < 1.29 is 9.47 Å². The van der Waals surface area contributed by atoms with Crippen molar-refractivity contribution in [2.45, 2.75) is 57.3 Å². The lowest BCUT2D eigenvalue weighted by atomic mass is 9.74. The van der Waals surface area contributed by atoms with Gasteiger partial charge in [0.15, 0.2) is 0 Å². The van der Waals surface area contributed by atoms with Gasteiger partial charge in [0.2, 0.25) is 0 Å². The van der Waals surface area contributed by atoms with Gasteiger partial charge in [0.05, 0.1) is 12.2 Å². The molecule has 1 aromatic carbocycles. The van der Waals surface area contributed by atoms with Gasteiger partial charge in [-0.25, -0.2) is 0 Å². The minimum absolute atomic E-state index is 0.134. The summed E-state index contributed by atoms with van der Waals surface area (Å²) in [4.78, 5) is 0. The predicted octanol–water partition coefficient (Wildman–Crippen LogP) is 3.96. The van der Waals surface area contributed by atoms with E-state index >= 15 is 0 Å². The highest BCUT2D eigenvalue weighted by Gasteiger charge is 2.43. The molecule has 1 atom stereocenters. The van der Waals surface area contributed by atoms with Crippen LogP contribution in [0.25, 0.3) is 0 Å². The molecule has 1 aliphatic heterocycles. The molecular formula is C17H24BrNO2. The molecule has 0 amide bonds. The Balaban J connectivity index is 1.77. The first-order valence-corrected chi connectivity index (χ1v) is 8.65. The van der Waals surface area contributed by atoms with E-state index < -0.39 is 0 Å². The van der Waals surface area contributed by atoms with Crippen LogP contribution in [0.2, 0.25) is 0 Å². The molecule has 0 radical (unpaired) electrons. The first-order valence-electron chi connectivity index (χ1n) is 7.86. The summed E-state index contributed by atoms with van der Waals surface area (Å²) in [5.41, 5.74) is 2.55. The van der Waals surface area contributed by atoms with Gasteiger partial charge in [-0.15, -0.1) is 0 Å². The molecule has 1 heterocycles. The quantitative estimate of drug-likeness (QED) is 0.888. The molecule has 1 saturated carbocycles. The molecule has 4 heteroatoms. The second-order valence-corrected chi connectivity index (χ2v) is 7.27. The average Bonchev–Trinajstić information content (AvgIpc) is 2.41. The van der Waals surface area contributed by atoms with E-state index in [1.165, 1.54) is 30.4 Å². The summed E-state index contributed by atoms with van der Waals surface area (Å²) in [5, 5.41) is 3.23. The smallest absolute Gasteiger partial charge is 0.127 e. The summed E-state index contributed by atoms with van der Waals surface area (Å²) in [6.45, 7) is 3.78. The fraction of sp³-hybridized carbons (Fsp3) is 0.647. The maximum atomic E-state index is 6.42. The molecule has 1 N–H and O–H groups in total. The fourth-order valence-corrected chi connectivity index (χ4v) is 4.08. The van der Waals surface area contributed by atoms with E-state index in [-0.39, 0.29) is 11.7 Å². The van der Waals surface area contributed by atoms with Gasteiger partial charge in [0.1, 0.15) is 11.9 Å². The van der Waals surface area contributed by atoms with Gasteiger partial charge in [-0.2, -0.15) is 0 Å². The van der Waals surface area contributed by atoms with Gasteiger partial charge in [-0.05, 0) is 50.9 Å². The molecule has 1 aromatic rings. The Morgan fingerprint density at radius 1 is 1.43 bits per heavy atom. The molecule has 3 rings (SSSR count). The van der Waals surface area contributed by atoms with Crippen molar-refractivity contribution in [2.75, 3.05) is 13.7 Å². The molecule has 2 aliphatic rings. The Morgan fingerprint density at radius 3 is 2.90 bits per heavy atom. The van der Waals surface area contributed by atoms with Crippen LogP contribution >= 0.6 is 15.9 Å². The second-order valence-electron chi connectivity index (χ2n) is 6.36. The molecule has 1 aliphatic carbocycles. The van der Waals surface area contributed by atoms with Gasteiger partial charge in [-0.1, -0.05) is 15.9 Å². The second kappa shape index (κ2) is 6.27. The third kappa shape index (κ3) is 3.27. The zero-order chi connectivity index (χ0) is 14.9. The zero-order valence-electron chi connectivity index (χ0n) is 12.9. The normalized spacial score (nSPS) is 23.9. The molecule has 0 aromatic heterocycles. The van der Waals surface area contributed by atoms with Crippen LogP contribution in [0.4, 0.5) is 0 Å². The molecule has 1 spiro atoms. The SMILES string of the molecule is CNCc1cc(Br)cc(C)c1OC1CCOC2(CCC2)C1. The van der Waals surface area contributed by atoms with Gasteiger partial charge in [0.25, 0.3) is 0 Å². The Bertz CT molecular complexity index is 514. The standard InChI is InChI=1S/C17H24BrNO2/c1-12-8-14(18)9-13(11-19-2)16(12)21-15-4-7-20-17(10-15)5-3-6-17/h8-9,15,19H,3-7,10-11H2,1-2H3. The largest absolute Gasteiger partial charge is 0.490 e. The van der Waals surface area contributed by atoms with Crippen molar-refractivity contribution in [3.63, 3.8) is 0 Å². The van der Waals surface area contributed by atoms with E-state index in [1.54, 1.807) is 0 Å².